The van der Waals surface area contributed by atoms with Crippen molar-refractivity contribution >= 4 is 33.4 Å². The number of rotatable bonds is 6. The molecule has 0 aromatic carbocycles. The number of amides is 2. The van der Waals surface area contributed by atoms with E-state index in [1.807, 2.05) is 13.8 Å². The second-order valence-corrected chi connectivity index (χ2v) is 9.34. The Morgan fingerprint density at radius 2 is 2.08 bits per heavy atom. The third-order valence-corrected chi connectivity index (χ3v) is 6.91. The zero-order valence-electron chi connectivity index (χ0n) is 14.6. The predicted molar refractivity (Wildman–Crippen MR) is 97.4 cm³/mol. The molecule has 2 heterocycles. The van der Waals surface area contributed by atoms with Crippen LogP contribution in [0.2, 0.25) is 0 Å². The van der Waals surface area contributed by atoms with E-state index >= 15 is 0 Å². The standard InChI is InChI=1S/C16H23N3O4S2/c1-4-19(12-5-6-25(22,23)9-12)13(20)8-24-16-14(15(17)21)10(2)7-11(3)18-16/h7,12H,4-6,8-9H2,1-3H3,(H2,17,21)/t12-/m0/s1. The molecule has 2 N–H and O–H groups in total. The molecule has 2 amide bonds. The molecule has 1 atom stereocenters. The number of thioether (sulfide) groups is 1. The van der Waals surface area contributed by atoms with Crippen LogP contribution in [0.3, 0.4) is 0 Å². The second kappa shape index (κ2) is 7.74. The number of primary amides is 1. The summed E-state index contributed by atoms with van der Waals surface area (Å²) in [5.41, 5.74) is 7.23. The summed E-state index contributed by atoms with van der Waals surface area (Å²) in [6, 6.07) is 1.50. The molecule has 7 nitrogen and oxygen atoms in total. The molecule has 0 radical (unpaired) electrons. The first-order valence-electron chi connectivity index (χ1n) is 8.05. The summed E-state index contributed by atoms with van der Waals surface area (Å²) in [5.74, 6) is -0.509. The van der Waals surface area contributed by atoms with Crippen LogP contribution in [0.25, 0.3) is 0 Å². The van der Waals surface area contributed by atoms with Crippen molar-refractivity contribution in [3.8, 4) is 0 Å². The summed E-state index contributed by atoms with van der Waals surface area (Å²) in [4.78, 5) is 30.2. The van der Waals surface area contributed by atoms with Crippen molar-refractivity contribution in [2.24, 2.45) is 5.73 Å². The van der Waals surface area contributed by atoms with Crippen LogP contribution >= 0.6 is 11.8 Å². The molecule has 2 rings (SSSR count). The van der Waals surface area contributed by atoms with E-state index in [-0.39, 0.29) is 29.2 Å². The number of hydrogen-bond donors (Lipinski definition) is 1. The molecule has 0 aliphatic carbocycles. The molecule has 1 saturated heterocycles. The van der Waals surface area contributed by atoms with E-state index in [2.05, 4.69) is 4.98 Å². The van der Waals surface area contributed by atoms with Gasteiger partial charge in [0.2, 0.25) is 5.91 Å². The SMILES string of the molecule is CCN(C(=O)CSc1nc(C)cc(C)c1C(N)=O)[C@H]1CCS(=O)(=O)C1. The van der Waals surface area contributed by atoms with Gasteiger partial charge in [-0.15, -0.1) is 0 Å². The van der Waals surface area contributed by atoms with Crippen molar-refractivity contribution in [2.75, 3.05) is 23.8 Å². The Hall–Kier alpha value is -1.61. The maximum atomic E-state index is 12.6. The van der Waals surface area contributed by atoms with Gasteiger partial charge in [0.25, 0.3) is 5.91 Å². The molecule has 25 heavy (non-hydrogen) atoms. The van der Waals surface area contributed by atoms with Crippen molar-refractivity contribution in [1.82, 2.24) is 9.88 Å². The van der Waals surface area contributed by atoms with Crippen LogP contribution in [-0.4, -0.2) is 60.0 Å². The highest BCUT2D eigenvalue weighted by Crippen LogP contribution is 2.25. The number of sulfone groups is 1. The lowest BCUT2D eigenvalue weighted by atomic mass is 10.1. The number of nitrogens with two attached hydrogens (primary N) is 1. The molecule has 1 aromatic heterocycles. The van der Waals surface area contributed by atoms with Gasteiger partial charge in [-0.05, 0) is 38.8 Å². The summed E-state index contributed by atoms with van der Waals surface area (Å²) >= 11 is 1.16. The van der Waals surface area contributed by atoms with E-state index < -0.39 is 15.7 Å². The zero-order valence-corrected chi connectivity index (χ0v) is 16.2. The molecule has 0 unspecified atom stereocenters. The first-order valence-corrected chi connectivity index (χ1v) is 10.9. The second-order valence-electron chi connectivity index (χ2n) is 6.15. The monoisotopic (exact) mass is 385 g/mol. The molecule has 1 aliphatic rings. The van der Waals surface area contributed by atoms with E-state index in [1.165, 1.54) is 0 Å². The molecule has 0 saturated carbocycles. The van der Waals surface area contributed by atoms with Crippen LogP contribution in [-0.2, 0) is 14.6 Å². The van der Waals surface area contributed by atoms with Crippen LogP contribution < -0.4 is 5.73 Å². The number of nitrogens with zero attached hydrogens (tertiary/aromatic N) is 2. The van der Waals surface area contributed by atoms with E-state index in [0.717, 1.165) is 23.0 Å². The Bertz CT molecular complexity index is 793. The Morgan fingerprint density at radius 3 is 2.60 bits per heavy atom. The van der Waals surface area contributed by atoms with E-state index in [4.69, 9.17) is 5.73 Å². The minimum atomic E-state index is -3.05. The molecule has 0 spiro atoms. The number of aryl methyl sites for hydroxylation is 2. The predicted octanol–water partition coefficient (Wildman–Crippen LogP) is 0.925. The highest BCUT2D eigenvalue weighted by molar-refractivity contribution is 8.00. The molecule has 1 fully saturated rings. The molecule has 0 bridgehead atoms. The van der Waals surface area contributed by atoms with Gasteiger partial charge < -0.3 is 10.6 Å². The average Bonchev–Trinajstić information content (AvgIpc) is 2.84. The highest BCUT2D eigenvalue weighted by Gasteiger charge is 2.33. The quantitative estimate of drug-likeness (QED) is 0.729. The van der Waals surface area contributed by atoms with Gasteiger partial charge in [-0.25, -0.2) is 13.4 Å². The van der Waals surface area contributed by atoms with Gasteiger partial charge >= 0.3 is 0 Å². The summed E-state index contributed by atoms with van der Waals surface area (Å²) < 4.78 is 23.3. The Morgan fingerprint density at radius 1 is 1.40 bits per heavy atom. The van der Waals surface area contributed by atoms with Gasteiger partial charge in [-0.2, -0.15) is 0 Å². The lowest BCUT2D eigenvalue weighted by Gasteiger charge is -2.26. The summed E-state index contributed by atoms with van der Waals surface area (Å²) in [6.45, 7) is 5.87. The maximum absolute atomic E-state index is 12.6. The number of carbonyl (C=O) groups excluding carboxylic acids is 2. The summed E-state index contributed by atoms with van der Waals surface area (Å²) in [5, 5.41) is 0.438. The van der Waals surface area contributed by atoms with E-state index in [0.29, 0.717) is 23.6 Å². The fourth-order valence-electron chi connectivity index (χ4n) is 3.08. The van der Waals surface area contributed by atoms with Crippen LogP contribution in [0.4, 0.5) is 0 Å². The summed E-state index contributed by atoms with van der Waals surface area (Å²) in [7, 11) is -3.05. The summed E-state index contributed by atoms with van der Waals surface area (Å²) in [6.07, 6.45) is 0.473. The first-order chi connectivity index (χ1) is 11.6. The fraction of sp³-hybridized carbons (Fsp3) is 0.562. The van der Waals surface area contributed by atoms with Crippen molar-refractivity contribution in [3.05, 3.63) is 22.9 Å². The Kier molecular flexibility index (Phi) is 6.10. The van der Waals surface area contributed by atoms with Crippen LogP contribution in [0.5, 0.6) is 0 Å². The molecule has 1 aromatic rings. The number of hydrogen-bond acceptors (Lipinski definition) is 6. The van der Waals surface area contributed by atoms with Gasteiger partial charge in [0, 0.05) is 18.3 Å². The molecule has 1 aliphatic heterocycles. The van der Waals surface area contributed by atoms with Crippen LogP contribution in [0.1, 0.15) is 35.0 Å². The first kappa shape index (κ1) is 19.7. The lowest BCUT2D eigenvalue weighted by Crippen LogP contribution is -2.42. The smallest absolute Gasteiger partial charge is 0.251 e. The normalized spacial score (nSPS) is 18.9. The van der Waals surface area contributed by atoms with Crippen molar-refractivity contribution in [2.45, 2.75) is 38.3 Å². The minimum absolute atomic E-state index is 0.0194. The van der Waals surface area contributed by atoms with E-state index in [9.17, 15) is 18.0 Å². The van der Waals surface area contributed by atoms with Crippen LogP contribution in [0.15, 0.2) is 11.1 Å². The topological polar surface area (TPSA) is 110 Å². The molecular formula is C16H23N3O4S2. The fourth-order valence-corrected chi connectivity index (χ4v) is 5.85. The van der Waals surface area contributed by atoms with Gasteiger partial charge in [0.15, 0.2) is 9.84 Å². The Labute approximate surface area is 152 Å². The van der Waals surface area contributed by atoms with Crippen LogP contribution in [0, 0.1) is 13.8 Å². The maximum Gasteiger partial charge on any atom is 0.251 e. The van der Waals surface area contributed by atoms with Crippen molar-refractivity contribution in [1.29, 1.82) is 0 Å². The highest BCUT2D eigenvalue weighted by atomic mass is 32.2. The molecular weight excluding hydrogens is 362 g/mol. The van der Waals surface area contributed by atoms with Crippen molar-refractivity contribution in [3.63, 3.8) is 0 Å². The molecule has 138 valence electrons. The van der Waals surface area contributed by atoms with Gasteiger partial charge in [0.1, 0.15) is 5.03 Å². The average molecular weight is 386 g/mol. The zero-order chi connectivity index (χ0) is 18.8. The molecule has 9 heteroatoms. The van der Waals surface area contributed by atoms with Gasteiger partial charge in [-0.1, -0.05) is 11.8 Å². The van der Waals surface area contributed by atoms with Gasteiger partial charge in [0.05, 0.1) is 22.8 Å². The van der Waals surface area contributed by atoms with Crippen molar-refractivity contribution < 1.29 is 18.0 Å². The Balaban J connectivity index is 2.12. The largest absolute Gasteiger partial charge is 0.366 e. The number of aromatic nitrogens is 1. The third-order valence-electron chi connectivity index (χ3n) is 4.20. The number of pyridine rings is 1. The third kappa shape index (κ3) is 4.72. The van der Waals surface area contributed by atoms with Gasteiger partial charge in [-0.3, -0.25) is 9.59 Å². The minimum Gasteiger partial charge on any atom is -0.366 e. The lowest BCUT2D eigenvalue weighted by molar-refractivity contribution is -0.129. The van der Waals surface area contributed by atoms with E-state index in [1.54, 1.807) is 17.9 Å². The number of carbonyl (C=O) groups is 2.